The number of hydrogen-bond donors (Lipinski definition) is 0. The van der Waals surface area contributed by atoms with E-state index in [1.165, 1.54) is 0 Å². The number of allylic oxidation sites excluding steroid dienone is 1. The van der Waals surface area contributed by atoms with Crippen LogP contribution < -0.4 is 10.6 Å². The lowest BCUT2D eigenvalue weighted by Crippen LogP contribution is -2.14. The largest absolute Gasteiger partial charge is 0.309 e. The standard InChI is InChI=1S/C19H16OP/c20-21(18-11-3-1-4-12-18,19-13-5-2-6-14-19)16-15-17-9-7-8-10-17/h1-16H/b16-15+. The van der Waals surface area contributed by atoms with Crippen LogP contribution in [0.2, 0.25) is 0 Å². The molecule has 0 amide bonds. The molecule has 0 bridgehead atoms. The fraction of sp³-hybridized carbons (Fsp3) is 0. The first-order valence-electron chi connectivity index (χ1n) is 6.91. The van der Waals surface area contributed by atoms with Gasteiger partial charge in [0.2, 0.25) is 0 Å². The highest BCUT2D eigenvalue weighted by atomic mass is 31.2. The summed E-state index contributed by atoms with van der Waals surface area (Å²) in [5.74, 6) is 2.93. The van der Waals surface area contributed by atoms with Crippen molar-refractivity contribution in [3.05, 3.63) is 104 Å². The molecule has 21 heavy (non-hydrogen) atoms. The van der Waals surface area contributed by atoms with Crippen molar-refractivity contribution in [3.8, 4) is 0 Å². The van der Waals surface area contributed by atoms with E-state index in [0.717, 1.165) is 16.5 Å². The second kappa shape index (κ2) is 6.45. The first kappa shape index (κ1) is 14.4. The van der Waals surface area contributed by atoms with E-state index in [4.69, 9.17) is 0 Å². The molecule has 5 radical (unpaired) electrons. The molecule has 0 unspecified atom stereocenters. The average molecular weight is 291 g/mol. The quantitative estimate of drug-likeness (QED) is 0.780. The molecular weight excluding hydrogens is 275 g/mol. The summed E-state index contributed by atoms with van der Waals surface area (Å²) in [6.45, 7) is 0. The molecule has 0 saturated heterocycles. The zero-order valence-corrected chi connectivity index (χ0v) is 12.5. The van der Waals surface area contributed by atoms with Gasteiger partial charge >= 0.3 is 0 Å². The van der Waals surface area contributed by atoms with Crippen LogP contribution in [-0.4, -0.2) is 0 Å². The van der Waals surface area contributed by atoms with Gasteiger partial charge in [0.05, 0.1) is 0 Å². The van der Waals surface area contributed by atoms with Crippen LogP contribution in [0.1, 0.15) is 0 Å². The van der Waals surface area contributed by atoms with Crippen molar-refractivity contribution in [2.45, 2.75) is 0 Å². The maximum Gasteiger partial charge on any atom is 0.163 e. The number of hydrogen-bond acceptors (Lipinski definition) is 1. The lowest BCUT2D eigenvalue weighted by atomic mass is 10.1. The van der Waals surface area contributed by atoms with Crippen LogP contribution in [-0.2, 0) is 4.57 Å². The lowest BCUT2D eigenvalue weighted by Gasteiger charge is -2.16. The summed E-state index contributed by atoms with van der Waals surface area (Å²) < 4.78 is 13.6. The van der Waals surface area contributed by atoms with Crippen molar-refractivity contribution in [2.75, 3.05) is 0 Å². The van der Waals surface area contributed by atoms with Gasteiger partial charge in [0.15, 0.2) is 7.14 Å². The van der Waals surface area contributed by atoms with E-state index in [0.29, 0.717) is 0 Å². The second-order valence-electron chi connectivity index (χ2n) is 4.86. The van der Waals surface area contributed by atoms with Gasteiger partial charge in [0.25, 0.3) is 0 Å². The Bertz CT molecular complexity index is 596. The fourth-order valence-corrected chi connectivity index (χ4v) is 4.57. The Kier molecular flexibility index (Phi) is 4.41. The normalized spacial score (nSPS) is 16.6. The summed E-state index contributed by atoms with van der Waals surface area (Å²) >= 11 is 0. The molecule has 1 aliphatic carbocycles. The molecule has 1 fully saturated rings. The Morgan fingerprint density at radius 3 is 1.67 bits per heavy atom. The predicted molar refractivity (Wildman–Crippen MR) is 89.3 cm³/mol. The molecule has 3 rings (SSSR count). The Morgan fingerprint density at radius 2 is 1.19 bits per heavy atom. The van der Waals surface area contributed by atoms with E-state index in [9.17, 15) is 4.57 Å². The third-order valence-electron chi connectivity index (χ3n) is 3.44. The van der Waals surface area contributed by atoms with Crippen LogP contribution in [0.25, 0.3) is 0 Å². The minimum Gasteiger partial charge on any atom is -0.309 e. The van der Waals surface area contributed by atoms with Crippen LogP contribution >= 0.6 is 7.14 Å². The van der Waals surface area contributed by atoms with Crippen molar-refractivity contribution in [1.29, 1.82) is 0 Å². The average Bonchev–Trinajstić information content (AvgIpc) is 3.08. The van der Waals surface area contributed by atoms with E-state index in [-0.39, 0.29) is 0 Å². The van der Waals surface area contributed by atoms with Crippen molar-refractivity contribution < 1.29 is 4.57 Å². The van der Waals surface area contributed by atoms with Gasteiger partial charge in [-0.1, -0.05) is 66.7 Å². The predicted octanol–water partition coefficient (Wildman–Crippen LogP) is 3.92. The van der Waals surface area contributed by atoms with E-state index in [1.807, 2.05) is 98.2 Å². The summed E-state index contributed by atoms with van der Waals surface area (Å²) in [5, 5.41) is 1.72. The van der Waals surface area contributed by atoms with Crippen LogP contribution in [0, 0.1) is 31.6 Å². The van der Waals surface area contributed by atoms with Gasteiger partial charge in [-0.25, -0.2) is 0 Å². The van der Waals surface area contributed by atoms with Crippen LogP contribution in [0.15, 0.2) is 72.6 Å². The minimum atomic E-state index is -2.75. The molecule has 103 valence electrons. The van der Waals surface area contributed by atoms with Crippen LogP contribution in [0.5, 0.6) is 0 Å². The third-order valence-corrected chi connectivity index (χ3v) is 6.14. The minimum absolute atomic E-state index is 0.860. The molecular formula is C19H16OP. The molecule has 1 saturated carbocycles. The molecule has 2 aromatic rings. The summed E-state index contributed by atoms with van der Waals surface area (Å²) in [4.78, 5) is 0. The Balaban J connectivity index is 2.01. The first-order valence-corrected chi connectivity index (χ1v) is 8.68. The molecule has 0 aromatic heterocycles. The van der Waals surface area contributed by atoms with Gasteiger partial charge in [0.1, 0.15) is 0 Å². The van der Waals surface area contributed by atoms with Crippen LogP contribution in [0.4, 0.5) is 0 Å². The fourth-order valence-electron chi connectivity index (χ4n) is 2.31. The molecule has 0 heterocycles. The number of rotatable bonds is 4. The summed E-state index contributed by atoms with van der Waals surface area (Å²) in [6.07, 6.45) is 9.93. The Morgan fingerprint density at radius 1 is 0.714 bits per heavy atom. The first-order chi connectivity index (χ1) is 10.3. The molecule has 0 aliphatic heterocycles. The van der Waals surface area contributed by atoms with E-state index in [1.54, 1.807) is 0 Å². The Hall–Kier alpha value is -1.59. The zero-order valence-electron chi connectivity index (χ0n) is 11.6. The second-order valence-corrected chi connectivity index (χ2v) is 7.51. The summed E-state index contributed by atoms with van der Waals surface area (Å²) in [6, 6.07) is 19.4. The van der Waals surface area contributed by atoms with E-state index >= 15 is 0 Å². The zero-order chi connectivity index (χ0) is 14.5. The van der Waals surface area contributed by atoms with Gasteiger partial charge < -0.3 is 4.57 Å². The van der Waals surface area contributed by atoms with E-state index < -0.39 is 7.14 Å². The van der Waals surface area contributed by atoms with Crippen molar-refractivity contribution >= 4 is 17.8 Å². The van der Waals surface area contributed by atoms with Gasteiger partial charge in [0, 0.05) is 16.5 Å². The van der Waals surface area contributed by atoms with Gasteiger partial charge in [-0.15, -0.1) is 0 Å². The number of benzene rings is 2. The maximum atomic E-state index is 13.6. The van der Waals surface area contributed by atoms with Crippen molar-refractivity contribution in [2.24, 2.45) is 0 Å². The molecule has 2 heteroatoms. The highest BCUT2D eigenvalue weighted by molar-refractivity contribution is 7.81. The van der Waals surface area contributed by atoms with Crippen molar-refractivity contribution in [3.63, 3.8) is 0 Å². The van der Waals surface area contributed by atoms with Gasteiger partial charge in [-0.05, 0) is 31.5 Å². The summed E-state index contributed by atoms with van der Waals surface area (Å²) in [5.41, 5.74) is 0. The highest BCUT2D eigenvalue weighted by Crippen LogP contribution is 2.45. The SMILES string of the molecule is O=P(/C=C/[C]1[CH][CH][CH][CH]1)(c1ccccc1)c1ccccc1. The molecule has 0 N–H and O–H groups in total. The topological polar surface area (TPSA) is 17.1 Å². The Labute approximate surface area is 127 Å². The highest BCUT2D eigenvalue weighted by Gasteiger charge is 2.24. The monoisotopic (exact) mass is 291 g/mol. The smallest absolute Gasteiger partial charge is 0.163 e. The maximum absolute atomic E-state index is 13.6. The van der Waals surface area contributed by atoms with Gasteiger partial charge in [-0.2, -0.15) is 0 Å². The third kappa shape index (κ3) is 3.19. The molecule has 1 aliphatic rings. The molecule has 2 aromatic carbocycles. The van der Waals surface area contributed by atoms with Gasteiger partial charge in [-0.3, -0.25) is 0 Å². The molecule has 0 spiro atoms. The van der Waals surface area contributed by atoms with Crippen molar-refractivity contribution in [1.82, 2.24) is 0 Å². The lowest BCUT2D eigenvalue weighted by molar-refractivity contribution is 0.592. The summed E-state index contributed by atoms with van der Waals surface area (Å²) in [7, 11) is -2.75. The molecule has 1 nitrogen and oxygen atoms in total. The van der Waals surface area contributed by atoms with Crippen LogP contribution in [0.3, 0.4) is 0 Å². The molecule has 0 atom stereocenters. The van der Waals surface area contributed by atoms with E-state index in [2.05, 4.69) is 0 Å².